The molecule has 0 bridgehead atoms. The van der Waals surface area contributed by atoms with E-state index in [2.05, 4.69) is 10.3 Å². The first-order valence-electron chi connectivity index (χ1n) is 7.30. The van der Waals surface area contributed by atoms with Crippen LogP contribution in [-0.2, 0) is 9.47 Å². The van der Waals surface area contributed by atoms with Crippen molar-refractivity contribution < 1.29 is 24.2 Å². The highest BCUT2D eigenvalue weighted by atomic mass is 16.5. The largest absolute Gasteiger partial charge is 0.478 e. The van der Waals surface area contributed by atoms with Gasteiger partial charge in [-0.3, -0.25) is 9.78 Å². The van der Waals surface area contributed by atoms with Crippen molar-refractivity contribution in [1.82, 2.24) is 10.3 Å². The van der Waals surface area contributed by atoms with Crippen molar-refractivity contribution in [3.05, 3.63) is 29.6 Å². The molecule has 0 saturated carbocycles. The fourth-order valence-electron chi connectivity index (χ4n) is 2.12. The lowest BCUT2D eigenvalue weighted by Crippen LogP contribution is -2.26. The van der Waals surface area contributed by atoms with E-state index in [1.54, 1.807) is 0 Å². The zero-order valence-electron chi connectivity index (χ0n) is 12.3. The minimum absolute atomic E-state index is 0.0438. The van der Waals surface area contributed by atoms with Crippen LogP contribution in [0.3, 0.4) is 0 Å². The first-order valence-corrected chi connectivity index (χ1v) is 7.30. The van der Waals surface area contributed by atoms with Gasteiger partial charge in [0.2, 0.25) is 0 Å². The van der Waals surface area contributed by atoms with Crippen molar-refractivity contribution in [1.29, 1.82) is 0 Å². The minimum Gasteiger partial charge on any atom is -0.478 e. The van der Waals surface area contributed by atoms with Gasteiger partial charge >= 0.3 is 5.97 Å². The molecule has 1 unspecified atom stereocenters. The number of rotatable bonds is 8. The number of hydrogen-bond donors (Lipinski definition) is 2. The molecule has 0 aromatic carbocycles. The molecule has 1 aliphatic heterocycles. The predicted molar refractivity (Wildman–Crippen MR) is 77.9 cm³/mol. The lowest BCUT2D eigenvalue weighted by atomic mass is 10.1. The monoisotopic (exact) mass is 308 g/mol. The Morgan fingerprint density at radius 1 is 1.50 bits per heavy atom. The van der Waals surface area contributed by atoms with Crippen molar-refractivity contribution in [2.45, 2.75) is 12.8 Å². The predicted octanol–water partition coefficient (Wildman–Crippen LogP) is 0.953. The standard InChI is InChI=1S/C15H20N2O5/c18-14(13-8-12(15(19)20)2-5-16-13)17-4-1-6-21-9-11-3-7-22-10-11/h2,5,8,11H,1,3-4,6-7,9-10H2,(H,17,18)(H,19,20). The molecule has 0 radical (unpaired) electrons. The summed E-state index contributed by atoms with van der Waals surface area (Å²) in [4.78, 5) is 26.5. The normalized spacial score (nSPS) is 17.4. The molecule has 1 aromatic rings. The number of pyridine rings is 1. The molecule has 22 heavy (non-hydrogen) atoms. The van der Waals surface area contributed by atoms with E-state index in [1.165, 1.54) is 18.3 Å². The van der Waals surface area contributed by atoms with Crippen LogP contribution >= 0.6 is 0 Å². The molecule has 1 aromatic heterocycles. The summed E-state index contributed by atoms with van der Waals surface area (Å²) in [7, 11) is 0. The Morgan fingerprint density at radius 3 is 3.09 bits per heavy atom. The molecule has 1 amide bonds. The number of carbonyl (C=O) groups excluding carboxylic acids is 1. The number of nitrogens with one attached hydrogen (secondary N) is 1. The maximum atomic E-state index is 11.8. The third-order valence-electron chi connectivity index (χ3n) is 3.37. The van der Waals surface area contributed by atoms with E-state index in [9.17, 15) is 9.59 Å². The molecule has 1 saturated heterocycles. The Morgan fingerprint density at radius 2 is 2.36 bits per heavy atom. The van der Waals surface area contributed by atoms with Gasteiger partial charge in [-0.15, -0.1) is 0 Å². The third kappa shape index (κ3) is 5.09. The summed E-state index contributed by atoms with van der Waals surface area (Å²) in [5, 5.41) is 11.6. The number of aromatic carboxylic acids is 1. The molecule has 1 fully saturated rings. The molecule has 2 heterocycles. The highest BCUT2D eigenvalue weighted by molar-refractivity contribution is 5.95. The Labute approximate surface area is 128 Å². The van der Waals surface area contributed by atoms with Crippen LogP contribution in [0.15, 0.2) is 18.3 Å². The van der Waals surface area contributed by atoms with Crippen LogP contribution < -0.4 is 5.32 Å². The lowest BCUT2D eigenvalue weighted by Gasteiger charge is -2.09. The Balaban J connectivity index is 1.63. The quantitative estimate of drug-likeness (QED) is 0.694. The second-order valence-electron chi connectivity index (χ2n) is 5.15. The van der Waals surface area contributed by atoms with Crippen LogP contribution in [0, 0.1) is 5.92 Å². The number of nitrogens with zero attached hydrogens (tertiary/aromatic N) is 1. The lowest BCUT2D eigenvalue weighted by molar-refractivity contribution is 0.0696. The molecule has 7 nitrogen and oxygen atoms in total. The second-order valence-corrected chi connectivity index (χ2v) is 5.15. The summed E-state index contributed by atoms with van der Waals surface area (Å²) in [5.74, 6) is -0.981. The van der Waals surface area contributed by atoms with E-state index in [1.807, 2.05) is 0 Å². The second kappa shape index (κ2) is 8.45. The topological polar surface area (TPSA) is 97.8 Å². The summed E-state index contributed by atoms with van der Waals surface area (Å²) in [6, 6.07) is 2.61. The smallest absolute Gasteiger partial charge is 0.335 e. The van der Waals surface area contributed by atoms with Crippen LogP contribution in [0.4, 0.5) is 0 Å². The summed E-state index contributed by atoms with van der Waals surface area (Å²) in [6.07, 6.45) is 3.05. The maximum absolute atomic E-state index is 11.8. The molecule has 2 N–H and O–H groups in total. The summed E-state index contributed by atoms with van der Waals surface area (Å²) < 4.78 is 10.8. The molecule has 1 aliphatic rings. The molecule has 7 heteroatoms. The SMILES string of the molecule is O=C(O)c1ccnc(C(=O)NCCCOCC2CCOC2)c1. The zero-order valence-corrected chi connectivity index (χ0v) is 12.3. The van der Waals surface area contributed by atoms with E-state index in [4.69, 9.17) is 14.6 Å². The first kappa shape index (κ1) is 16.4. The number of carboxylic acids is 1. The van der Waals surface area contributed by atoms with Gasteiger partial charge in [0.1, 0.15) is 5.69 Å². The Kier molecular flexibility index (Phi) is 6.29. The average molecular weight is 308 g/mol. The van der Waals surface area contributed by atoms with Gasteiger partial charge in [-0.25, -0.2) is 4.79 Å². The fourth-order valence-corrected chi connectivity index (χ4v) is 2.12. The van der Waals surface area contributed by atoms with E-state index < -0.39 is 5.97 Å². The number of carbonyl (C=O) groups is 2. The number of carboxylic acid groups (broad SMARTS) is 1. The molecule has 1 atom stereocenters. The van der Waals surface area contributed by atoms with Crippen LogP contribution in [0.25, 0.3) is 0 Å². The number of aromatic nitrogens is 1. The van der Waals surface area contributed by atoms with Gasteiger partial charge in [0.25, 0.3) is 5.91 Å². The zero-order chi connectivity index (χ0) is 15.8. The number of ether oxygens (including phenoxy) is 2. The van der Waals surface area contributed by atoms with Gasteiger partial charge < -0.3 is 19.9 Å². The van der Waals surface area contributed by atoms with Gasteiger partial charge in [-0.1, -0.05) is 0 Å². The van der Waals surface area contributed by atoms with Gasteiger partial charge in [0, 0.05) is 31.9 Å². The summed E-state index contributed by atoms with van der Waals surface area (Å²) >= 11 is 0. The average Bonchev–Trinajstić information content (AvgIpc) is 3.04. The van der Waals surface area contributed by atoms with Crippen molar-refractivity contribution >= 4 is 11.9 Å². The Hall–Kier alpha value is -1.99. The van der Waals surface area contributed by atoms with Gasteiger partial charge in [-0.2, -0.15) is 0 Å². The molecule has 120 valence electrons. The maximum Gasteiger partial charge on any atom is 0.335 e. The van der Waals surface area contributed by atoms with Crippen molar-refractivity contribution in [3.8, 4) is 0 Å². The number of amides is 1. The van der Waals surface area contributed by atoms with Crippen molar-refractivity contribution in [3.63, 3.8) is 0 Å². The fraction of sp³-hybridized carbons (Fsp3) is 0.533. The van der Waals surface area contributed by atoms with Crippen molar-refractivity contribution in [2.75, 3.05) is 33.0 Å². The van der Waals surface area contributed by atoms with E-state index in [-0.39, 0.29) is 17.2 Å². The van der Waals surface area contributed by atoms with Crippen LogP contribution in [0.2, 0.25) is 0 Å². The van der Waals surface area contributed by atoms with Gasteiger partial charge in [0.15, 0.2) is 0 Å². The Bertz CT molecular complexity index is 514. The highest BCUT2D eigenvalue weighted by Crippen LogP contribution is 2.12. The third-order valence-corrected chi connectivity index (χ3v) is 3.37. The molecule has 0 spiro atoms. The van der Waals surface area contributed by atoms with Gasteiger partial charge in [0.05, 0.1) is 18.8 Å². The summed E-state index contributed by atoms with van der Waals surface area (Å²) in [6.45, 7) is 3.29. The highest BCUT2D eigenvalue weighted by Gasteiger charge is 2.15. The molecule has 2 rings (SSSR count). The molecule has 0 aliphatic carbocycles. The van der Waals surface area contributed by atoms with Gasteiger partial charge in [-0.05, 0) is 25.0 Å². The molecular weight excluding hydrogens is 288 g/mol. The van der Waals surface area contributed by atoms with Crippen LogP contribution in [0.1, 0.15) is 33.7 Å². The van der Waals surface area contributed by atoms with Crippen LogP contribution in [-0.4, -0.2) is 54.9 Å². The van der Waals surface area contributed by atoms with E-state index in [0.29, 0.717) is 32.1 Å². The van der Waals surface area contributed by atoms with E-state index in [0.717, 1.165) is 19.6 Å². The van der Waals surface area contributed by atoms with Crippen LogP contribution in [0.5, 0.6) is 0 Å². The first-order chi connectivity index (χ1) is 10.7. The van der Waals surface area contributed by atoms with E-state index >= 15 is 0 Å². The number of hydrogen-bond acceptors (Lipinski definition) is 5. The summed E-state index contributed by atoms with van der Waals surface area (Å²) in [5.41, 5.74) is 0.145. The molecular formula is C15H20N2O5. The minimum atomic E-state index is -1.08. The van der Waals surface area contributed by atoms with Crippen molar-refractivity contribution in [2.24, 2.45) is 5.92 Å².